The van der Waals surface area contributed by atoms with Crippen molar-refractivity contribution in [2.45, 2.75) is 13.0 Å². The number of aromatic nitrogens is 2. The van der Waals surface area contributed by atoms with E-state index in [9.17, 15) is 4.79 Å². The van der Waals surface area contributed by atoms with Crippen LogP contribution in [0.3, 0.4) is 0 Å². The number of rotatable bonds is 4. The van der Waals surface area contributed by atoms with Crippen LogP contribution < -0.4 is 10.1 Å². The molecule has 3 aromatic rings. The highest BCUT2D eigenvalue weighted by molar-refractivity contribution is 6.30. The first kappa shape index (κ1) is 16.1. The number of nitrogens with zero attached hydrogens (tertiary/aromatic N) is 2. The van der Waals surface area contributed by atoms with Crippen LogP contribution in [0.5, 0.6) is 5.75 Å². The lowest BCUT2D eigenvalue weighted by Gasteiger charge is -2.09. The highest BCUT2D eigenvalue weighted by Gasteiger charge is 2.23. The molecule has 0 bridgehead atoms. The molecule has 4 rings (SSSR count). The van der Waals surface area contributed by atoms with Crippen molar-refractivity contribution in [3.05, 3.63) is 59.0 Å². The first-order valence-corrected chi connectivity index (χ1v) is 8.71. The molecular formula is C19H18ClN3O2. The van der Waals surface area contributed by atoms with Crippen LogP contribution in [0.1, 0.15) is 16.1 Å². The van der Waals surface area contributed by atoms with Crippen LogP contribution in [0.2, 0.25) is 5.15 Å². The maximum Gasteiger partial charge on any atom is 0.202 e. The van der Waals surface area contributed by atoms with Crippen molar-refractivity contribution in [1.29, 1.82) is 0 Å². The molecule has 0 amide bonds. The van der Waals surface area contributed by atoms with Gasteiger partial charge in [0.2, 0.25) is 5.78 Å². The van der Waals surface area contributed by atoms with Gasteiger partial charge in [0.05, 0.1) is 5.56 Å². The van der Waals surface area contributed by atoms with Crippen LogP contribution in [0.4, 0.5) is 0 Å². The van der Waals surface area contributed by atoms with Gasteiger partial charge < -0.3 is 14.6 Å². The molecule has 1 aliphatic rings. The van der Waals surface area contributed by atoms with Crippen LogP contribution in [-0.4, -0.2) is 35.0 Å². The third-order valence-electron chi connectivity index (χ3n) is 4.49. The Morgan fingerprint density at radius 2 is 2.12 bits per heavy atom. The van der Waals surface area contributed by atoms with Gasteiger partial charge in [0.1, 0.15) is 0 Å². The largest absolute Gasteiger partial charge is 0.482 e. The van der Waals surface area contributed by atoms with E-state index in [1.807, 2.05) is 18.2 Å². The summed E-state index contributed by atoms with van der Waals surface area (Å²) in [6.45, 7) is 2.57. The van der Waals surface area contributed by atoms with Gasteiger partial charge in [-0.3, -0.25) is 4.79 Å². The number of ketones is 1. The molecule has 1 aromatic carbocycles. The van der Waals surface area contributed by atoms with E-state index in [2.05, 4.69) is 20.9 Å². The van der Waals surface area contributed by atoms with E-state index in [1.165, 1.54) is 0 Å². The number of ether oxygens (including phenoxy) is 1. The highest BCUT2D eigenvalue weighted by atomic mass is 35.5. The molecule has 3 heterocycles. The Morgan fingerprint density at radius 1 is 1.24 bits per heavy atom. The van der Waals surface area contributed by atoms with Crippen molar-refractivity contribution in [3.8, 4) is 5.75 Å². The normalized spacial score (nSPS) is 14.1. The molecule has 0 spiro atoms. The van der Waals surface area contributed by atoms with E-state index in [-0.39, 0.29) is 17.5 Å². The van der Waals surface area contributed by atoms with Crippen molar-refractivity contribution in [2.24, 2.45) is 0 Å². The number of pyridine rings is 1. The summed E-state index contributed by atoms with van der Waals surface area (Å²) in [5.41, 5.74) is 2.94. The van der Waals surface area contributed by atoms with Gasteiger partial charge in [-0.2, -0.15) is 0 Å². The van der Waals surface area contributed by atoms with Crippen molar-refractivity contribution >= 4 is 28.3 Å². The zero-order valence-electron chi connectivity index (χ0n) is 13.7. The predicted octanol–water partition coefficient (Wildman–Crippen LogP) is 3.10. The number of carbonyl (C=O) groups excluding carboxylic acids is 1. The van der Waals surface area contributed by atoms with Gasteiger partial charge in [0.25, 0.3) is 0 Å². The molecule has 128 valence electrons. The molecule has 5 nitrogen and oxygen atoms in total. The van der Waals surface area contributed by atoms with Gasteiger partial charge in [-0.25, -0.2) is 4.98 Å². The number of hydrogen-bond acceptors (Lipinski definition) is 4. The molecule has 0 aliphatic carbocycles. The Balaban J connectivity index is 1.69. The maximum atomic E-state index is 13.0. The van der Waals surface area contributed by atoms with Crippen molar-refractivity contribution in [3.63, 3.8) is 0 Å². The second-order valence-corrected chi connectivity index (χ2v) is 6.35. The van der Waals surface area contributed by atoms with E-state index >= 15 is 0 Å². The van der Waals surface area contributed by atoms with Gasteiger partial charge in [0, 0.05) is 48.8 Å². The lowest BCUT2D eigenvalue weighted by Crippen LogP contribution is -2.18. The second-order valence-electron chi connectivity index (χ2n) is 5.99. The number of carbonyl (C=O) groups is 1. The molecule has 0 radical (unpaired) electrons. The summed E-state index contributed by atoms with van der Waals surface area (Å²) in [6.07, 6.45) is 2.41. The number of benzene rings is 1. The Labute approximate surface area is 150 Å². The number of nitrogens with one attached hydrogen (secondary N) is 1. The quantitative estimate of drug-likeness (QED) is 0.577. The van der Waals surface area contributed by atoms with Crippen molar-refractivity contribution < 1.29 is 9.53 Å². The standard InChI is InChI=1S/C19H18ClN3O2/c20-19-17(6-3-8-22-19)25-12-16(24)18-13-4-1-2-5-14(13)23-11-10-21-9-7-15(18)23/h1-6,8,21H,7,9-12H2. The Bertz CT molecular complexity index is 936. The summed E-state index contributed by atoms with van der Waals surface area (Å²) >= 11 is 6.00. The molecule has 0 saturated carbocycles. The summed E-state index contributed by atoms with van der Waals surface area (Å²) < 4.78 is 7.87. The van der Waals surface area contributed by atoms with Crippen LogP contribution in [0, 0.1) is 0 Å². The molecule has 0 unspecified atom stereocenters. The first-order chi connectivity index (χ1) is 12.3. The van der Waals surface area contributed by atoms with E-state index in [1.54, 1.807) is 18.3 Å². The third-order valence-corrected chi connectivity index (χ3v) is 4.78. The minimum Gasteiger partial charge on any atom is -0.482 e. The Morgan fingerprint density at radius 3 is 3.00 bits per heavy atom. The molecular weight excluding hydrogens is 338 g/mol. The molecule has 2 aromatic heterocycles. The third kappa shape index (κ3) is 3.01. The second kappa shape index (κ2) is 6.86. The summed E-state index contributed by atoms with van der Waals surface area (Å²) in [5, 5.41) is 4.64. The average molecular weight is 356 g/mol. The van der Waals surface area contributed by atoms with Gasteiger partial charge in [-0.05, 0) is 18.2 Å². The molecule has 0 fully saturated rings. The zero-order chi connectivity index (χ0) is 17.2. The van der Waals surface area contributed by atoms with Crippen LogP contribution in [-0.2, 0) is 13.0 Å². The van der Waals surface area contributed by atoms with E-state index in [4.69, 9.17) is 16.3 Å². The molecule has 0 saturated heterocycles. The Hall–Kier alpha value is -2.37. The van der Waals surface area contributed by atoms with E-state index in [0.717, 1.165) is 48.2 Å². The zero-order valence-corrected chi connectivity index (χ0v) is 14.4. The van der Waals surface area contributed by atoms with Crippen LogP contribution in [0.25, 0.3) is 10.9 Å². The highest BCUT2D eigenvalue weighted by Crippen LogP contribution is 2.28. The lowest BCUT2D eigenvalue weighted by molar-refractivity contribution is 0.0922. The molecule has 1 N–H and O–H groups in total. The molecule has 6 heteroatoms. The molecule has 25 heavy (non-hydrogen) atoms. The van der Waals surface area contributed by atoms with Crippen LogP contribution >= 0.6 is 11.6 Å². The predicted molar refractivity (Wildman–Crippen MR) is 97.6 cm³/mol. The number of Topliss-reactive ketones (excluding diaryl/α,β-unsaturated/α-hetero) is 1. The SMILES string of the molecule is O=C(COc1cccnc1Cl)c1c2n(c3ccccc13)CCNCC2. The van der Waals surface area contributed by atoms with Gasteiger partial charge >= 0.3 is 0 Å². The Kier molecular flexibility index (Phi) is 4.42. The van der Waals surface area contributed by atoms with E-state index in [0.29, 0.717) is 5.75 Å². The van der Waals surface area contributed by atoms with Crippen LogP contribution in [0.15, 0.2) is 42.6 Å². The fraction of sp³-hybridized carbons (Fsp3) is 0.263. The molecule has 1 aliphatic heterocycles. The summed E-state index contributed by atoms with van der Waals surface area (Å²) in [4.78, 5) is 16.9. The lowest BCUT2D eigenvalue weighted by atomic mass is 10.1. The maximum absolute atomic E-state index is 13.0. The molecule has 0 atom stereocenters. The van der Waals surface area contributed by atoms with Gasteiger partial charge in [0.15, 0.2) is 17.5 Å². The minimum atomic E-state index is -0.0557. The topological polar surface area (TPSA) is 56.1 Å². The fourth-order valence-electron chi connectivity index (χ4n) is 3.40. The first-order valence-electron chi connectivity index (χ1n) is 8.33. The minimum absolute atomic E-state index is 0.0354. The van der Waals surface area contributed by atoms with Crippen molar-refractivity contribution in [1.82, 2.24) is 14.9 Å². The van der Waals surface area contributed by atoms with E-state index < -0.39 is 0 Å². The smallest absolute Gasteiger partial charge is 0.202 e. The summed E-state index contributed by atoms with van der Waals surface area (Å²) in [5.74, 6) is 0.389. The van der Waals surface area contributed by atoms with Crippen molar-refractivity contribution in [2.75, 3.05) is 19.7 Å². The summed E-state index contributed by atoms with van der Waals surface area (Å²) in [6, 6.07) is 11.5. The summed E-state index contributed by atoms with van der Waals surface area (Å²) in [7, 11) is 0. The average Bonchev–Trinajstić information content (AvgIpc) is 2.78. The number of para-hydroxylation sites is 1. The van der Waals surface area contributed by atoms with Gasteiger partial charge in [-0.1, -0.05) is 29.8 Å². The number of halogens is 1. The number of hydrogen-bond donors (Lipinski definition) is 1. The van der Waals surface area contributed by atoms with Gasteiger partial charge in [-0.15, -0.1) is 0 Å². The fourth-order valence-corrected chi connectivity index (χ4v) is 3.57. The number of fused-ring (bicyclic) bond motifs is 3. The monoisotopic (exact) mass is 355 g/mol.